The van der Waals surface area contributed by atoms with Crippen molar-refractivity contribution in [2.24, 2.45) is 0 Å². The first-order valence-corrected chi connectivity index (χ1v) is 14.5. The minimum atomic E-state index is -2.05. The summed E-state index contributed by atoms with van der Waals surface area (Å²) in [4.78, 5) is 0. The summed E-state index contributed by atoms with van der Waals surface area (Å²) < 4.78 is 28.7. The van der Waals surface area contributed by atoms with Gasteiger partial charge in [0.25, 0.3) is 0 Å². The lowest BCUT2D eigenvalue weighted by Crippen LogP contribution is -2.55. The third-order valence-electron chi connectivity index (χ3n) is 5.35. The highest BCUT2D eigenvalue weighted by Crippen LogP contribution is 2.38. The van der Waals surface area contributed by atoms with Crippen LogP contribution in [0, 0.1) is 0 Å². The lowest BCUT2D eigenvalue weighted by Gasteiger charge is -2.41. The van der Waals surface area contributed by atoms with Crippen LogP contribution >= 0.6 is 0 Å². The topological polar surface area (TPSA) is 53.5 Å². The van der Waals surface area contributed by atoms with Gasteiger partial charge in [-0.3, -0.25) is 0 Å². The van der Waals surface area contributed by atoms with Crippen molar-refractivity contribution in [3.8, 4) is 5.75 Å². The van der Waals surface area contributed by atoms with Gasteiger partial charge in [0, 0.05) is 11.4 Å². The Labute approximate surface area is 182 Å². The maximum atomic E-state index is 12.9. The van der Waals surface area contributed by atoms with Crippen molar-refractivity contribution in [2.75, 3.05) is 6.61 Å². The third-order valence-corrected chi connectivity index (χ3v) is 11.5. The fourth-order valence-corrected chi connectivity index (χ4v) is 4.66. The van der Waals surface area contributed by atoms with E-state index in [0.717, 1.165) is 18.6 Å². The average Bonchev–Trinajstić information content (AvgIpc) is 2.61. The summed E-state index contributed by atoms with van der Waals surface area (Å²) in [5, 5.41) is 0.0736. The van der Waals surface area contributed by atoms with Crippen LogP contribution in [0.4, 0.5) is 0 Å². The van der Waals surface area contributed by atoms with Crippen molar-refractivity contribution >= 4 is 19.7 Å². The van der Waals surface area contributed by atoms with E-state index < -0.39 is 19.7 Å². The largest absolute Gasteiger partial charge is 0.598 e. The molecular formula is C23H41NO3SSi. The number of rotatable bonds is 11. The second-order valence-electron chi connectivity index (χ2n) is 10.0. The molecule has 1 unspecified atom stereocenters. The second-order valence-corrected chi connectivity index (χ2v) is 16.8. The molecule has 1 N–H and O–H groups in total. The number of allylic oxidation sites excluding steroid dienone is 1. The van der Waals surface area contributed by atoms with E-state index in [9.17, 15) is 4.55 Å². The van der Waals surface area contributed by atoms with Gasteiger partial charge in [-0.15, -0.1) is 11.3 Å². The molecule has 0 bridgehead atoms. The van der Waals surface area contributed by atoms with Gasteiger partial charge in [0.05, 0.1) is 12.1 Å². The van der Waals surface area contributed by atoms with Crippen LogP contribution in [0.1, 0.15) is 54.4 Å². The number of benzene rings is 1. The Morgan fingerprint density at radius 2 is 1.72 bits per heavy atom. The molecule has 0 fully saturated rings. The quantitative estimate of drug-likeness (QED) is 0.267. The summed E-state index contributed by atoms with van der Waals surface area (Å²) in [7, 11) is -2.05. The van der Waals surface area contributed by atoms with Gasteiger partial charge in [-0.2, -0.15) is 0 Å². The molecule has 1 aromatic rings. The Hall–Kier alpha value is -0.793. The van der Waals surface area contributed by atoms with Gasteiger partial charge in [0.1, 0.15) is 17.1 Å². The van der Waals surface area contributed by atoms with E-state index >= 15 is 0 Å². The van der Waals surface area contributed by atoms with E-state index in [1.54, 1.807) is 0 Å². The molecule has 4 nitrogen and oxygen atoms in total. The highest BCUT2D eigenvalue weighted by atomic mass is 32.2. The van der Waals surface area contributed by atoms with E-state index in [0.29, 0.717) is 6.61 Å². The Balaban J connectivity index is 3.10. The number of ether oxygens (including phenoxy) is 1. The molecule has 166 valence electrons. The molecule has 0 aromatic heterocycles. The fraction of sp³-hybridized carbons (Fsp3) is 0.652. The minimum absolute atomic E-state index is 0.0736. The Morgan fingerprint density at radius 3 is 2.21 bits per heavy atom. The van der Waals surface area contributed by atoms with Gasteiger partial charge >= 0.3 is 0 Å². The van der Waals surface area contributed by atoms with Gasteiger partial charge in [-0.1, -0.05) is 45.0 Å². The molecule has 0 heterocycles. The lowest BCUT2D eigenvalue weighted by molar-refractivity contribution is 0.0857. The van der Waals surface area contributed by atoms with E-state index in [2.05, 4.69) is 45.2 Å². The predicted molar refractivity (Wildman–Crippen MR) is 128 cm³/mol. The SMILES string of the molecule is C=CCC[C@@H](N[S+]([O-])C(C)(C)C)[C@@H](COc1ccccc1)O[Si](C)(C)C(C)(C)C. The van der Waals surface area contributed by atoms with Crippen LogP contribution in [-0.4, -0.2) is 36.4 Å². The van der Waals surface area contributed by atoms with Crippen LogP contribution in [0.5, 0.6) is 5.75 Å². The summed E-state index contributed by atoms with van der Waals surface area (Å²) in [6.45, 7) is 21.4. The average molecular weight is 440 g/mol. The molecule has 1 rings (SSSR count). The van der Waals surface area contributed by atoms with Gasteiger partial charge in [-0.05, 0) is 63.9 Å². The van der Waals surface area contributed by atoms with E-state index in [1.165, 1.54) is 0 Å². The number of para-hydroxylation sites is 1. The van der Waals surface area contributed by atoms with E-state index in [-0.39, 0.29) is 21.9 Å². The molecular weight excluding hydrogens is 398 g/mol. The maximum Gasteiger partial charge on any atom is 0.192 e. The highest BCUT2D eigenvalue weighted by molar-refractivity contribution is 7.90. The molecule has 0 saturated carbocycles. The molecule has 1 aromatic carbocycles. The highest BCUT2D eigenvalue weighted by Gasteiger charge is 2.42. The van der Waals surface area contributed by atoms with Crippen LogP contribution in [0.25, 0.3) is 0 Å². The molecule has 6 heteroatoms. The number of hydrogen-bond acceptors (Lipinski definition) is 4. The van der Waals surface area contributed by atoms with Crippen molar-refractivity contribution in [1.82, 2.24) is 4.72 Å². The zero-order chi connectivity index (χ0) is 22.3. The number of nitrogens with one attached hydrogen (secondary N) is 1. The first-order chi connectivity index (χ1) is 13.3. The first kappa shape index (κ1) is 26.2. The van der Waals surface area contributed by atoms with E-state index in [1.807, 2.05) is 57.2 Å². The van der Waals surface area contributed by atoms with Gasteiger partial charge in [0.15, 0.2) is 8.32 Å². The summed E-state index contributed by atoms with van der Waals surface area (Å²) in [5.41, 5.74) is 0. The third kappa shape index (κ3) is 8.85. The molecule has 0 radical (unpaired) electrons. The zero-order valence-electron chi connectivity index (χ0n) is 19.6. The Morgan fingerprint density at radius 1 is 1.14 bits per heavy atom. The molecule has 0 amide bonds. The van der Waals surface area contributed by atoms with Gasteiger partial charge in [-0.25, -0.2) is 0 Å². The Kier molecular flexibility index (Phi) is 9.96. The first-order valence-electron chi connectivity index (χ1n) is 10.4. The molecule has 0 saturated heterocycles. The summed E-state index contributed by atoms with van der Waals surface area (Å²) in [5.74, 6) is 0.816. The van der Waals surface area contributed by atoms with Gasteiger partial charge in [0.2, 0.25) is 0 Å². The van der Waals surface area contributed by atoms with Gasteiger partial charge < -0.3 is 13.7 Å². The molecule has 0 aliphatic rings. The second kappa shape index (κ2) is 11.0. The molecule has 0 aliphatic carbocycles. The van der Waals surface area contributed by atoms with Crippen molar-refractivity contribution in [1.29, 1.82) is 0 Å². The summed E-state index contributed by atoms with van der Waals surface area (Å²) >= 11 is -1.19. The number of hydrogen-bond donors (Lipinski definition) is 1. The predicted octanol–water partition coefficient (Wildman–Crippen LogP) is 5.84. The summed E-state index contributed by atoms with van der Waals surface area (Å²) in [6, 6.07) is 9.69. The van der Waals surface area contributed by atoms with Crippen molar-refractivity contribution in [3.63, 3.8) is 0 Å². The lowest BCUT2D eigenvalue weighted by atomic mass is 10.1. The van der Waals surface area contributed by atoms with Crippen LogP contribution in [-0.2, 0) is 15.8 Å². The van der Waals surface area contributed by atoms with Crippen LogP contribution < -0.4 is 9.46 Å². The zero-order valence-corrected chi connectivity index (χ0v) is 21.4. The smallest absolute Gasteiger partial charge is 0.192 e. The minimum Gasteiger partial charge on any atom is -0.598 e. The van der Waals surface area contributed by atoms with Crippen molar-refractivity contribution in [3.05, 3.63) is 43.0 Å². The van der Waals surface area contributed by atoms with Crippen molar-refractivity contribution < 1.29 is 13.7 Å². The molecule has 0 spiro atoms. The molecule has 0 aliphatic heterocycles. The van der Waals surface area contributed by atoms with Crippen LogP contribution in [0.3, 0.4) is 0 Å². The maximum absolute atomic E-state index is 12.9. The Bertz CT molecular complexity index is 611. The van der Waals surface area contributed by atoms with E-state index in [4.69, 9.17) is 9.16 Å². The monoisotopic (exact) mass is 439 g/mol. The van der Waals surface area contributed by atoms with Crippen LogP contribution in [0.2, 0.25) is 18.1 Å². The molecule has 29 heavy (non-hydrogen) atoms. The standard InChI is InChI=1S/C23H41NO3SSi/c1-10-11-17-20(24-28(25)22(2,3)4)21(27-29(8,9)23(5,6)7)18-26-19-15-13-12-14-16-19/h10,12-16,20-21,24H,1,11,17-18H2,2-9H3/t20-,21-,28?/m1/s1. The molecule has 3 atom stereocenters. The fourth-order valence-electron chi connectivity index (χ4n) is 2.41. The summed E-state index contributed by atoms with van der Waals surface area (Å²) in [6.07, 6.45) is 3.31. The normalized spacial score (nSPS) is 16.2. The van der Waals surface area contributed by atoms with Crippen molar-refractivity contribution in [2.45, 2.75) is 89.4 Å². The van der Waals surface area contributed by atoms with Crippen LogP contribution in [0.15, 0.2) is 43.0 Å².